The fourth-order valence-corrected chi connectivity index (χ4v) is 3.71. The van der Waals surface area contributed by atoms with Crippen LogP contribution in [0.4, 0.5) is 0 Å². The largest absolute Gasteiger partial charge is 0.469 e. The van der Waals surface area contributed by atoms with Gasteiger partial charge in [-0.1, -0.05) is 37.0 Å². The minimum Gasteiger partial charge on any atom is -0.469 e. The molecule has 0 aliphatic rings. The van der Waals surface area contributed by atoms with E-state index in [0.717, 1.165) is 12.0 Å². The molecule has 102 valence electrons. The van der Waals surface area contributed by atoms with Crippen molar-refractivity contribution in [3.63, 3.8) is 0 Å². The molecule has 6 heteroatoms. The first-order chi connectivity index (χ1) is 8.35. The lowest BCUT2D eigenvalue weighted by Crippen LogP contribution is -2.44. The normalized spacial score (nSPS) is 16.1. The number of esters is 1. The van der Waals surface area contributed by atoms with Gasteiger partial charge in [0.25, 0.3) is 0 Å². The highest BCUT2D eigenvalue weighted by Crippen LogP contribution is 2.42. The zero-order valence-electron chi connectivity index (χ0n) is 10.6. The molecule has 2 N–H and O–H groups in total. The van der Waals surface area contributed by atoms with E-state index in [4.69, 9.17) is 33.7 Å². The van der Waals surface area contributed by atoms with Crippen LogP contribution in [0.2, 0.25) is 8.67 Å². The molecule has 0 aromatic carbocycles. The predicted molar refractivity (Wildman–Crippen MR) is 76.6 cm³/mol. The topological polar surface area (TPSA) is 52.3 Å². The smallest absolute Gasteiger partial charge is 0.306 e. The van der Waals surface area contributed by atoms with E-state index in [1.165, 1.54) is 18.4 Å². The summed E-state index contributed by atoms with van der Waals surface area (Å²) in [4.78, 5) is 11.6. The second-order valence-electron chi connectivity index (χ2n) is 4.42. The first-order valence-electron chi connectivity index (χ1n) is 5.62. The molecular weight excluding hydrogens is 293 g/mol. The highest BCUT2D eigenvalue weighted by molar-refractivity contribution is 7.20. The average molecular weight is 310 g/mol. The zero-order chi connectivity index (χ0) is 13.9. The Balaban J connectivity index is 3.19. The summed E-state index contributed by atoms with van der Waals surface area (Å²) in [7, 11) is 1.36. The summed E-state index contributed by atoms with van der Waals surface area (Å²) in [5, 5.41) is 0. The van der Waals surface area contributed by atoms with Gasteiger partial charge in [-0.25, -0.2) is 0 Å². The van der Waals surface area contributed by atoms with E-state index in [2.05, 4.69) is 0 Å². The Hall–Kier alpha value is -0.290. The van der Waals surface area contributed by atoms with Crippen molar-refractivity contribution in [2.75, 3.05) is 7.11 Å². The van der Waals surface area contributed by atoms with Crippen LogP contribution in [0.3, 0.4) is 0 Å². The lowest BCUT2D eigenvalue weighted by Gasteiger charge is -2.34. The van der Waals surface area contributed by atoms with Crippen LogP contribution in [-0.2, 0) is 14.9 Å². The number of carbonyl (C=O) groups is 1. The van der Waals surface area contributed by atoms with E-state index in [1.54, 1.807) is 6.07 Å². The van der Waals surface area contributed by atoms with E-state index < -0.39 is 5.41 Å². The Morgan fingerprint density at radius 3 is 2.61 bits per heavy atom. The molecule has 2 atom stereocenters. The summed E-state index contributed by atoms with van der Waals surface area (Å²) in [5.41, 5.74) is 6.41. The average Bonchev–Trinajstić information content (AvgIpc) is 2.67. The van der Waals surface area contributed by atoms with Crippen LogP contribution in [0, 0.1) is 0 Å². The third kappa shape index (κ3) is 3.18. The van der Waals surface area contributed by atoms with Crippen LogP contribution in [0.25, 0.3) is 0 Å². The van der Waals surface area contributed by atoms with Crippen molar-refractivity contribution in [3.8, 4) is 0 Å². The number of ether oxygens (including phenoxy) is 1. The van der Waals surface area contributed by atoms with Crippen molar-refractivity contribution in [1.29, 1.82) is 0 Å². The van der Waals surface area contributed by atoms with Gasteiger partial charge < -0.3 is 10.5 Å². The molecule has 3 nitrogen and oxygen atoms in total. The summed E-state index contributed by atoms with van der Waals surface area (Å²) in [6, 6.07) is 1.59. The number of hydrogen-bond acceptors (Lipinski definition) is 4. The molecule has 1 rings (SSSR count). The van der Waals surface area contributed by atoms with Crippen LogP contribution in [-0.4, -0.2) is 19.1 Å². The fourth-order valence-electron chi connectivity index (χ4n) is 1.98. The molecule has 0 fully saturated rings. The zero-order valence-corrected chi connectivity index (χ0v) is 13.0. The van der Waals surface area contributed by atoms with Gasteiger partial charge in [0.15, 0.2) is 0 Å². The number of halogens is 2. The maximum Gasteiger partial charge on any atom is 0.306 e. The van der Waals surface area contributed by atoms with E-state index >= 15 is 0 Å². The van der Waals surface area contributed by atoms with Crippen LogP contribution in [0.15, 0.2) is 6.07 Å². The van der Waals surface area contributed by atoms with Crippen molar-refractivity contribution in [3.05, 3.63) is 20.3 Å². The maximum absolute atomic E-state index is 11.6. The lowest BCUT2D eigenvalue weighted by atomic mass is 9.74. The minimum absolute atomic E-state index is 0.186. The van der Waals surface area contributed by atoms with Crippen LogP contribution < -0.4 is 5.73 Å². The van der Waals surface area contributed by atoms with Gasteiger partial charge in [0.1, 0.15) is 0 Å². The summed E-state index contributed by atoms with van der Waals surface area (Å²) in [5.74, 6) is -0.306. The Kier molecular flexibility index (Phi) is 5.46. The van der Waals surface area contributed by atoms with E-state index in [-0.39, 0.29) is 18.4 Å². The van der Waals surface area contributed by atoms with Gasteiger partial charge in [-0.15, -0.1) is 11.3 Å². The van der Waals surface area contributed by atoms with E-state index in [1.807, 2.05) is 13.8 Å². The molecule has 1 aromatic heterocycles. The van der Waals surface area contributed by atoms with Gasteiger partial charge in [0.2, 0.25) is 0 Å². The predicted octanol–water partition coefficient (Wildman–Crippen LogP) is 3.61. The number of methoxy groups -OCH3 is 1. The molecule has 1 heterocycles. The van der Waals surface area contributed by atoms with Crippen LogP contribution in [0.1, 0.15) is 32.3 Å². The number of hydrogen-bond donors (Lipinski definition) is 1. The van der Waals surface area contributed by atoms with Crippen LogP contribution >= 0.6 is 34.5 Å². The molecule has 2 unspecified atom stereocenters. The Morgan fingerprint density at radius 1 is 1.61 bits per heavy atom. The molecule has 18 heavy (non-hydrogen) atoms. The first-order valence-corrected chi connectivity index (χ1v) is 7.20. The maximum atomic E-state index is 11.6. The number of rotatable bonds is 5. The molecule has 0 aliphatic heterocycles. The van der Waals surface area contributed by atoms with Crippen molar-refractivity contribution in [1.82, 2.24) is 0 Å². The van der Waals surface area contributed by atoms with Crippen molar-refractivity contribution in [2.24, 2.45) is 5.73 Å². The summed E-state index contributed by atoms with van der Waals surface area (Å²) in [6.45, 7) is 3.89. The molecule has 0 bridgehead atoms. The molecule has 0 aliphatic carbocycles. The number of thiophene rings is 1. The second-order valence-corrected chi connectivity index (χ2v) is 6.71. The highest BCUT2D eigenvalue weighted by atomic mass is 35.5. The van der Waals surface area contributed by atoms with Gasteiger partial charge in [0.05, 0.1) is 22.2 Å². The number of carbonyl (C=O) groups excluding carboxylic acids is 1. The first kappa shape index (κ1) is 15.8. The van der Waals surface area contributed by atoms with Crippen molar-refractivity contribution in [2.45, 2.75) is 38.1 Å². The van der Waals surface area contributed by atoms with Crippen molar-refractivity contribution >= 4 is 40.5 Å². The van der Waals surface area contributed by atoms with Crippen LogP contribution in [0.5, 0.6) is 0 Å². The molecule has 0 radical (unpaired) electrons. The quantitative estimate of drug-likeness (QED) is 0.845. The monoisotopic (exact) mass is 309 g/mol. The summed E-state index contributed by atoms with van der Waals surface area (Å²) < 4.78 is 5.91. The van der Waals surface area contributed by atoms with E-state index in [9.17, 15) is 4.79 Å². The molecule has 0 saturated heterocycles. The SMILES string of the molecule is CCC(N)C(C)(CC(=O)OC)c1cc(Cl)sc1Cl. The molecule has 1 aromatic rings. The second kappa shape index (κ2) is 6.24. The summed E-state index contributed by atoms with van der Waals surface area (Å²) >= 11 is 13.4. The third-order valence-electron chi connectivity index (χ3n) is 3.27. The Labute approximate surface area is 121 Å². The van der Waals surface area contributed by atoms with Crippen molar-refractivity contribution < 1.29 is 9.53 Å². The minimum atomic E-state index is -0.567. The van der Waals surface area contributed by atoms with Gasteiger partial charge in [-0.3, -0.25) is 4.79 Å². The fraction of sp³-hybridized carbons (Fsp3) is 0.583. The molecule has 0 saturated carbocycles. The van der Waals surface area contributed by atoms with Gasteiger partial charge in [-0.05, 0) is 18.1 Å². The van der Waals surface area contributed by atoms with Gasteiger partial charge >= 0.3 is 5.97 Å². The van der Waals surface area contributed by atoms with E-state index in [0.29, 0.717) is 8.67 Å². The molecule has 0 spiro atoms. The number of nitrogens with two attached hydrogens (primary N) is 1. The molecular formula is C12H17Cl2NO2S. The Bertz CT molecular complexity index is 436. The molecule has 0 amide bonds. The lowest BCUT2D eigenvalue weighted by molar-refractivity contribution is -0.142. The standard InChI is InChI=1S/C12H17Cl2NO2S/c1-4-8(15)12(2,6-10(16)17-3)7-5-9(13)18-11(7)14/h5,8H,4,6,15H2,1-3H3. The van der Waals surface area contributed by atoms with Gasteiger partial charge in [-0.2, -0.15) is 0 Å². The van der Waals surface area contributed by atoms with Gasteiger partial charge in [0, 0.05) is 11.5 Å². The third-order valence-corrected chi connectivity index (χ3v) is 4.76. The highest BCUT2D eigenvalue weighted by Gasteiger charge is 2.38. The Morgan fingerprint density at radius 2 is 2.22 bits per heavy atom. The summed E-state index contributed by atoms with van der Waals surface area (Å²) in [6.07, 6.45) is 0.919.